The quantitative estimate of drug-likeness (QED) is 0.523. The maximum Gasteiger partial charge on any atom is 0.188 e. The molecule has 1 aromatic carbocycles. The van der Waals surface area contributed by atoms with Gasteiger partial charge in [0.15, 0.2) is 5.13 Å². The molecule has 0 aliphatic carbocycles. The molecule has 2 saturated heterocycles. The third kappa shape index (κ3) is 5.18. The van der Waals surface area contributed by atoms with Gasteiger partial charge in [-0.1, -0.05) is 47.7 Å². The minimum atomic E-state index is -0.521. The number of nitrogens with zero attached hydrogens (tertiary/aromatic N) is 3. The molecule has 0 bridgehead atoms. The SMILES string of the molecule is OC1(CN2CCC(c3cccc(Nc4ncc(-c5ccccc5)s4)n3)CC2)CCNCC1. The molecule has 168 valence electrons. The Labute approximate surface area is 193 Å². The molecule has 3 aromatic rings. The van der Waals surface area contributed by atoms with Crippen LogP contribution < -0.4 is 10.6 Å². The summed E-state index contributed by atoms with van der Waals surface area (Å²) in [5.74, 6) is 1.31. The molecule has 32 heavy (non-hydrogen) atoms. The van der Waals surface area contributed by atoms with E-state index in [4.69, 9.17) is 4.98 Å². The highest BCUT2D eigenvalue weighted by atomic mass is 32.1. The van der Waals surface area contributed by atoms with E-state index < -0.39 is 5.60 Å². The van der Waals surface area contributed by atoms with Crippen LogP contribution in [0.15, 0.2) is 54.7 Å². The van der Waals surface area contributed by atoms with Gasteiger partial charge in [0, 0.05) is 24.4 Å². The van der Waals surface area contributed by atoms with Gasteiger partial charge < -0.3 is 20.6 Å². The number of pyridine rings is 1. The molecule has 3 N–H and O–H groups in total. The maximum atomic E-state index is 10.9. The minimum absolute atomic E-state index is 0.465. The average Bonchev–Trinajstić information content (AvgIpc) is 3.29. The Morgan fingerprint density at radius 3 is 2.62 bits per heavy atom. The minimum Gasteiger partial charge on any atom is -0.388 e. The first kappa shape index (κ1) is 21.5. The molecular formula is C25H31N5OS. The number of piperidine rings is 2. The third-order valence-corrected chi connectivity index (χ3v) is 7.59. The van der Waals surface area contributed by atoms with E-state index in [-0.39, 0.29) is 0 Å². The van der Waals surface area contributed by atoms with Crippen molar-refractivity contribution in [2.75, 3.05) is 38.0 Å². The Morgan fingerprint density at radius 2 is 1.84 bits per heavy atom. The molecule has 0 amide bonds. The summed E-state index contributed by atoms with van der Waals surface area (Å²) in [5.41, 5.74) is 1.81. The summed E-state index contributed by atoms with van der Waals surface area (Å²) in [6.45, 7) is 4.68. The maximum absolute atomic E-state index is 10.9. The van der Waals surface area contributed by atoms with E-state index in [0.29, 0.717) is 5.92 Å². The normalized spacial score (nSPS) is 19.7. The lowest BCUT2D eigenvalue weighted by Gasteiger charge is -2.40. The van der Waals surface area contributed by atoms with Crippen molar-refractivity contribution in [3.05, 3.63) is 60.4 Å². The number of hydrogen-bond donors (Lipinski definition) is 3. The zero-order valence-corrected chi connectivity index (χ0v) is 19.2. The van der Waals surface area contributed by atoms with Gasteiger partial charge in [-0.15, -0.1) is 0 Å². The van der Waals surface area contributed by atoms with Crippen LogP contribution in [0, 0.1) is 0 Å². The van der Waals surface area contributed by atoms with Gasteiger partial charge >= 0.3 is 0 Å². The molecule has 0 spiro atoms. The summed E-state index contributed by atoms with van der Waals surface area (Å²) in [7, 11) is 0. The van der Waals surface area contributed by atoms with Crippen LogP contribution in [0.3, 0.4) is 0 Å². The largest absolute Gasteiger partial charge is 0.388 e. The van der Waals surface area contributed by atoms with Crippen molar-refractivity contribution in [3.63, 3.8) is 0 Å². The standard InChI is InChI=1S/C25H31N5OS/c31-25(11-13-26-14-12-25)18-30-15-9-19(10-16-30)21-7-4-8-23(28-21)29-24-27-17-22(32-24)20-5-2-1-3-6-20/h1-8,17,19,26,31H,9-16,18H2,(H,27,28,29). The van der Waals surface area contributed by atoms with E-state index in [0.717, 1.165) is 79.9 Å². The van der Waals surface area contributed by atoms with Crippen molar-refractivity contribution < 1.29 is 5.11 Å². The molecule has 2 aliphatic heterocycles. The summed E-state index contributed by atoms with van der Waals surface area (Å²) in [6, 6.07) is 16.6. The highest BCUT2D eigenvalue weighted by Gasteiger charge is 2.33. The Kier molecular flexibility index (Phi) is 6.50. The zero-order chi connectivity index (χ0) is 21.8. The Bertz CT molecular complexity index is 1010. The summed E-state index contributed by atoms with van der Waals surface area (Å²) < 4.78 is 0. The second kappa shape index (κ2) is 9.67. The van der Waals surface area contributed by atoms with Gasteiger partial charge in [-0.05, 0) is 69.6 Å². The molecule has 5 rings (SSSR count). The predicted molar refractivity (Wildman–Crippen MR) is 131 cm³/mol. The zero-order valence-electron chi connectivity index (χ0n) is 18.3. The number of anilines is 2. The molecule has 0 unspecified atom stereocenters. The van der Waals surface area contributed by atoms with E-state index in [9.17, 15) is 5.11 Å². The second-order valence-electron chi connectivity index (χ2n) is 8.99. The van der Waals surface area contributed by atoms with Crippen LogP contribution in [0.4, 0.5) is 10.9 Å². The number of nitrogens with one attached hydrogen (secondary N) is 2. The van der Waals surface area contributed by atoms with E-state index in [2.05, 4.69) is 44.8 Å². The third-order valence-electron chi connectivity index (χ3n) is 6.63. The summed E-state index contributed by atoms with van der Waals surface area (Å²) >= 11 is 1.64. The van der Waals surface area contributed by atoms with E-state index >= 15 is 0 Å². The fourth-order valence-corrected chi connectivity index (χ4v) is 5.61. The Hall–Kier alpha value is -2.32. The van der Waals surface area contributed by atoms with Crippen molar-refractivity contribution in [2.45, 2.75) is 37.2 Å². The number of rotatable bonds is 6. The Balaban J connectivity index is 1.18. The Morgan fingerprint density at radius 1 is 1.06 bits per heavy atom. The molecule has 0 atom stereocenters. The molecule has 4 heterocycles. The first-order valence-electron chi connectivity index (χ1n) is 11.6. The molecule has 0 saturated carbocycles. The highest BCUT2D eigenvalue weighted by Crippen LogP contribution is 2.32. The number of hydrogen-bond acceptors (Lipinski definition) is 7. The van der Waals surface area contributed by atoms with E-state index in [1.807, 2.05) is 30.5 Å². The number of likely N-dealkylation sites (tertiary alicyclic amines) is 1. The van der Waals surface area contributed by atoms with Gasteiger partial charge in [-0.2, -0.15) is 0 Å². The highest BCUT2D eigenvalue weighted by molar-refractivity contribution is 7.18. The smallest absolute Gasteiger partial charge is 0.188 e. The number of benzene rings is 1. The van der Waals surface area contributed by atoms with Crippen LogP contribution in [-0.2, 0) is 0 Å². The topological polar surface area (TPSA) is 73.3 Å². The lowest BCUT2D eigenvalue weighted by atomic mass is 9.89. The summed E-state index contributed by atoms with van der Waals surface area (Å²) in [4.78, 5) is 13.0. The molecule has 6 nitrogen and oxygen atoms in total. The first-order chi connectivity index (χ1) is 15.7. The second-order valence-corrected chi connectivity index (χ2v) is 10.0. The molecule has 0 radical (unpaired) electrons. The van der Waals surface area contributed by atoms with Crippen molar-refractivity contribution in [1.29, 1.82) is 0 Å². The fraction of sp³-hybridized carbons (Fsp3) is 0.440. The molecule has 2 aliphatic rings. The molecular weight excluding hydrogens is 418 g/mol. The number of aliphatic hydroxyl groups is 1. The van der Waals surface area contributed by atoms with E-state index in [1.54, 1.807) is 11.3 Å². The van der Waals surface area contributed by atoms with Crippen LogP contribution >= 0.6 is 11.3 Å². The van der Waals surface area contributed by atoms with Crippen molar-refractivity contribution in [3.8, 4) is 10.4 Å². The average molecular weight is 450 g/mol. The number of aromatic nitrogens is 2. The summed E-state index contributed by atoms with van der Waals surface area (Å²) in [6.07, 6.45) is 5.79. The van der Waals surface area contributed by atoms with Crippen LogP contribution in [0.2, 0.25) is 0 Å². The van der Waals surface area contributed by atoms with E-state index in [1.165, 1.54) is 5.56 Å². The number of β-amino-alcohol motifs (C(OH)–C–C–N with tert-alkyl or cyclic N) is 1. The van der Waals surface area contributed by atoms with Crippen LogP contribution in [-0.4, -0.2) is 58.3 Å². The van der Waals surface area contributed by atoms with Crippen molar-refractivity contribution >= 4 is 22.3 Å². The lowest BCUT2D eigenvalue weighted by Crippen LogP contribution is -2.51. The molecule has 2 fully saturated rings. The van der Waals surface area contributed by atoms with Gasteiger partial charge in [0.25, 0.3) is 0 Å². The van der Waals surface area contributed by atoms with Crippen LogP contribution in [0.25, 0.3) is 10.4 Å². The molecule has 7 heteroatoms. The van der Waals surface area contributed by atoms with Crippen LogP contribution in [0.5, 0.6) is 0 Å². The van der Waals surface area contributed by atoms with Gasteiger partial charge in [0.2, 0.25) is 0 Å². The summed E-state index contributed by atoms with van der Waals surface area (Å²) in [5, 5.41) is 18.4. The van der Waals surface area contributed by atoms with Gasteiger partial charge in [0.05, 0.1) is 10.5 Å². The van der Waals surface area contributed by atoms with Crippen molar-refractivity contribution in [1.82, 2.24) is 20.2 Å². The first-order valence-corrected chi connectivity index (χ1v) is 12.4. The predicted octanol–water partition coefficient (Wildman–Crippen LogP) is 4.24. The monoisotopic (exact) mass is 449 g/mol. The van der Waals surface area contributed by atoms with Gasteiger partial charge in [-0.25, -0.2) is 9.97 Å². The van der Waals surface area contributed by atoms with Crippen LogP contribution in [0.1, 0.15) is 37.3 Å². The molecule has 2 aromatic heterocycles. The number of thiazole rings is 1. The fourth-order valence-electron chi connectivity index (χ4n) is 4.78. The van der Waals surface area contributed by atoms with Gasteiger partial charge in [-0.3, -0.25) is 0 Å². The van der Waals surface area contributed by atoms with Gasteiger partial charge in [0.1, 0.15) is 5.82 Å². The lowest BCUT2D eigenvalue weighted by molar-refractivity contribution is -0.0257. The van der Waals surface area contributed by atoms with Crippen molar-refractivity contribution in [2.24, 2.45) is 0 Å².